The van der Waals surface area contributed by atoms with Crippen molar-refractivity contribution in [1.82, 2.24) is 0 Å². The molecule has 1 amide bonds. The van der Waals surface area contributed by atoms with Crippen molar-refractivity contribution in [2.24, 2.45) is 0 Å². The zero-order valence-electron chi connectivity index (χ0n) is 14.5. The summed E-state index contributed by atoms with van der Waals surface area (Å²) in [5, 5.41) is 13.6. The smallest absolute Gasteiger partial charge is 0.411 e. The molecule has 0 atom stereocenters. The first-order chi connectivity index (χ1) is 12.8. The number of benzene rings is 2. The van der Waals surface area contributed by atoms with E-state index in [0.29, 0.717) is 5.69 Å². The summed E-state index contributed by atoms with van der Waals surface area (Å²) in [5.74, 6) is 0.221. The number of amides is 1. The van der Waals surface area contributed by atoms with Crippen LogP contribution in [-0.2, 0) is 14.8 Å². The fraction of sp³-hybridized carbons (Fsp3) is 0.188. The average Bonchev–Trinajstić information content (AvgIpc) is 2.62. The second-order valence-corrected chi connectivity index (χ2v) is 6.80. The zero-order valence-corrected chi connectivity index (χ0v) is 15.3. The van der Waals surface area contributed by atoms with Gasteiger partial charge in [0.25, 0.3) is 15.7 Å². The van der Waals surface area contributed by atoms with E-state index >= 15 is 0 Å². The van der Waals surface area contributed by atoms with Gasteiger partial charge in [0.05, 0.1) is 29.6 Å². The predicted molar refractivity (Wildman–Crippen MR) is 97.5 cm³/mol. The Labute approximate surface area is 155 Å². The number of ether oxygens (including phenoxy) is 2. The molecule has 27 heavy (non-hydrogen) atoms. The van der Waals surface area contributed by atoms with Gasteiger partial charge in [-0.3, -0.25) is 20.2 Å². The van der Waals surface area contributed by atoms with Gasteiger partial charge in [0.15, 0.2) is 0 Å². The van der Waals surface area contributed by atoms with Crippen LogP contribution in [0.1, 0.15) is 6.92 Å². The number of hydrogen-bond acceptors (Lipinski definition) is 7. The molecule has 0 aliphatic heterocycles. The number of carbonyl (C=O) groups is 1. The van der Waals surface area contributed by atoms with Gasteiger partial charge in [-0.2, -0.15) is 0 Å². The van der Waals surface area contributed by atoms with Gasteiger partial charge in [0.2, 0.25) is 0 Å². The van der Waals surface area contributed by atoms with Crippen molar-refractivity contribution in [3.8, 4) is 5.75 Å². The summed E-state index contributed by atoms with van der Waals surface area (Å²) in [6.07, 6.45) is -0.667. The molecule has 2 aromatic rings. The number of sulfonamides is 1. The average molecular weight is 395 g/mol. The zero-order chi connectivity index (χ0) is 20.0. The van der Waals surface area contributed by atoms with Gasteiger partial charge in [-0.15, -0.1) is 0 Å². The Morgan fingerprint density at radius 3 is 2.41 bits per heavy atom. The van der Waals surface area contributed by atoms with Crippen molar-refractivity contribution in [2.45, 2.75) is 11.8 Å². The van der Waals surface area contributed by atoms with Gasteiger partial charge in [-0.1, -0.05) is 0 Å². The molecule has 11 heteroatoms. The lowest BCUT2D eigenvalue weighted by Crippen LogP contribution is -2.15. The second-order valence-electron chi connectivity index (χ2n) is 5.12. The number of methoxy groups -OCH3 is 1. The van der Waals surface area contributed by atoms with Crippen molar-refractivity contribution in [1.29, 1.82) is 0 Å². The lowest BCUT2D eigenvalue weighted by molar-refractivity contribution is -0.384. The van der Waals surface area contributed by atoms with Crippen LogP contribution in [0.5, 0.6) is 5.75 Å². The summed E-state index contributed by atoms with van der Waals surface area (Å²) in [6, 6.07) is 8.99. The summed E-state index contributed by atoms with van der Waals surface area (Å²) in [6.45, 7) is 1.85. The molecule has 144 valence electrons. The molecule has 0 aromatic heterocycles. The van der Waals surface area contributed by atoms with Crippen LogP contribution in [-0.4, -0.2) is 33.2 Å². The van der Waals surface area contributed by atoms with E-state index in [2.05, 4.69) is 10.0 Å². The number of anilines is 2. The highest BCUT2D eigenvalue weighted by Crippen LogP contribution is 2.30. The van der Waals surface area contributed by atoms with Gasteiger partial charge in [-0.25, -0.2) is 13.2 Å². The first kappa shape index (κ1) is 20.0. The van der Waals surface area contributed by atoms with Crippen LogP contribution in [0, 0.1) is 10.1 Å². The lowest BCUT2D eigenvalue weighted by Gasteiger charge is -2.10. The van der Waals surface area contributed by atoms with Crippen LogP contribution in [0.2, 0.25) is 0 Å². The molecule has 10 nitrogen and oxygen atoms in total. The Balaban J connectivity index is 2.24. The van der Waals surface area contributed by atoms with E-state index in [1.54, 1.807) is 6.92 Å². The highest BCUT2D eigenvalue weighted by atomic mass is 32.2. The summed E-state index contributed by atoms with van der Waals surface area (Å²) in [4.78, 5) is 21.7. The third kappa shape index (κ3) is 5.07. The first-order valence-corrected chi connectivity index (χ1v) is 9.14. The maximum absolute atomic E-state index is 12.5. The van der Waals surface area contributed by atoms with Gasteiger partial charge < -0.3 is 9.47 Å². The molecule has 0 bridgehead atoms. The quantitative estimate of drug-likeness (QED) is 0.543. The molecule has 0 saturated heterocycles. The molecule has 0 unspecified atom stereocenters. The predicted octanol–water partition coefficient (Wildman–Crippen LogP) is 2.97. The summed E-state index contributed by atoms with van der Waals surface area (Å²) < 4.78 is 36.8. The van der Waals surface area contributed by atoms with E-state index in [9.17, 15) is 23.3 Å². The fourth-order valence-corrected chi connectivity index (χ4v) is 3.16. The first-order valence-electron chi connectivity index (χ1n) is 7.66. The SMILES string of the molecule is CCOC(=O)Nc1ccc(S(=O)(=O)Nc2ccc(OC)cc2[N+](=O)[O-])cc1. The summed E-state index contributed by atoms with van der Waals surface area (Å²) in [7, 11) is -2.74. The maximum atomic E-state index is 12.5. The van der Waals surface area contributed by atoms with E-state index in [-0.39, 0.29) is 22.9 Å². The highest BCUT2D eigenvalue weighted by molar-refractivity contribution is 7.92. The van der Waals surface area contributed by atoms with E-state index in [1.165, 1.54) is 43.5 Å². The minimum absolute atomic E-state index is 0.137. The number of carbonyl (C=O) groups excluding carboxylic acids is 1. The maximum Gasteiger partial charge on any atom is 0.411 e. The van der Waals surface area contributed by atoms with Crippen LogP contribution in [0.25, 0.3) is 0 Å². The van der Waals surface area contributed by atoms with Crippen molar-refractivity contribution in [2.75, 3.05) is 23.8 Å². The largest absolute Gasteiger partial charge is 0.496 e. The van der Waals surface area contributed by atoms with Crippen molar-refractivity contribution >= 4 is 33.2 Å². The van der Waals surface area contributed by atoms with Gasteiger partial charge in [0, 0.05) is 5.69 Å². The molecule has 2 N–H and O–H groups in total. The van der Waals surface area contributed by atoms with E-state index in [1.807, 2.05) is 0 Å². The Morgan fingerprint density at radius 2 is 1.85 bits per heavy atom. The Kier molecular flexibility index (Phi) is 6.19. The normalized spacial score (nSPS) is 10.7. The monoisotopic (exact) mass is 395 g/mol. The standard InChI is InChI=1S/C16H17N3O7S/c1-3-26-16(20)17-11-4-7-13(8-5-11)27(23,24)18-14-9-6-12(25-2)10-15(14)19(21)22/h4-10,18H,3H2,1-2H3,(H,17,20). The molecule has 0 spiro atoms. The number of rotatable bonds is 7. The molecule has 2 rings (SSSR count). The lowest BCUT2D eigenvalue weighted by atomic mass is 10.2. The minimum atomic E-state index is -4.08. The van der Waals surface area contributed by atoms with E-state index < -0.39 is 26.7 Å². The second kappa shape index (κ2) is 8.36. The molecule has 2 aromatic carbocycles. The third-order valence-electron chi connectivity index (χ3n) is 3.33. The molecular formula is C16H17N3O7S. The van der Waals surface area contributed by atoms with Crippen LogP contribution in [0.3, 0.4) is 0 Å². The van der Waals surface area contributed by atoms with Crippen LogP contribution in [0.4, 0.5) is 21.9 Å². The number of nitrogens with zero attached hydrogens (tertiary/aromatic N) is 1. The van der Waals surface area contributed by atoms with Gasteiger partial charge in [-0.05, 0) is 43.3 Å². The van der Waals surface area contributed by atoms with Crippen molar-refractivity contribution in [3.05, 3.63) is 52.6 Å². The molecule has 0 radical (unpaired) electrons. The van der Waals surface area contributed by atoms with E-state index in [4.69, 9.17) is 9.47 Å². The Hall–Kier alpha value is -3.34. The van der Waals surface area contributed by atoms with Crippen LogP contribution < -0.4 is 14.8 Å². The van der Waals surface area contributed by atoms with E-state index in [0.717, 1.165) is 6.07 Å². The van der Waals surface area contributed by atoms with Crippen LogP contribution >= 0.6 is 0 Å². The molecular weight excluding hydrogens is 378 g/mol. The number of nitrogens with one attached hydrogen (secondary N) is 2. The van der Waals surface area contributed by atoms with Gasteiger partial charge in [0.1, 0.15) is 11.4 Å². The van der Waals surface area contributed by atoms with Crippen LogP contribution in [0.15, 0.2) is 47.4 Å². The summed E-state index contributed by atoms with van der Waals surface area (Å²) >= 11 is 0. The molecule has 0 aliphatic carbocycles. The topological polar surface area (TPSA) is 137 Å². The third-order valence-corrected chi connectivity index (χ3v) is 4.71. The highest BCUT2D eigenvalue weighted by Gasteiger charge is 2.21. The summed E-state index contributed by atoms with van der Waals surface area (Å²) in [5.41, 5.74) is -0.309. The van der Waals surface area contributed by atoms with Gasteiger partial charge >= 0.3 is 6.09 Å². The molecule has 0 aliphatic rings. The number of nitro benzene ring substituents is 1. The van der Waals surface area contributed by atoms with Crippen molar-refractivity contribution in [3.63, 3.8) is 0 Å². The fourth-order valence-electron chi connectivity index (χ4n) is 2.08. The number of nitro groups is 1. The minimum Gasteiger partial charge on any atom is -0.496 e. The van der Waals surface area contributed by atoms with Crippen molar-refractivity contribution < 1.29 is 27.6 Å². The number of hydrogen-bond donors (Lipinski definition) is 2. The molecule has 0 fully saturated rings. The molecule has 0 heterocycles. The molecule has 0 saturated carbocycles. The Bertz CT molecular complexity index is 943. The Morgan fingerprint density at radius 1 is 1.19 bits per heavy atom.